The molecule has 2 heterocycles. The summed E-state index contributed by atoms with van der Waals surface area (Å²) in [5, 5.41) is 4.94. The third-order valence-electron chi connectivity index (χ3n) is 5.41. The smallest absolute Gasteiger partial charge is 0.221 e. The van der Waals surface area contributed by atoms with Crippen molar-refractivity contribution in [1.29, 1.82) is 0 Å². The standard InChI is InChI=1S/C21H24ClN3O3S/c1-25-9-7-16(8-10-25)23-19-13-17(4-6-20(19)28-2)29(26,27)21-12-14-11-15(22)3-5-18(14)24-21/h3-6,11-13,16,23-24H,7-10H2,1-2H3. The van der Waals surface area contributed by atoms with Gasteiger partial charge in [-0.15, -0.1) is 0 Å². The summed E-state index contributed by atoms with van der Waals surface area (Å²) in [6.07, 6.45) is 2.00. The Balaban J connectivity index is 1.67. The number of piperidine rings is 1. The fraction of sp³-hybridized carbons (Fsp3) is 0.333. The van der Waals surface area contributed by atoms with Crippen molar-refractivity contribution >= 4 is 38.0 Å². The van der Waals surface area contributed by atoms with Crippen LogP contribution in [0.4, 0.5) is 5.69 Å². The molecule has 0 unspecified atom stereocenters. The molecule has 0 radical (unpaired) electrons. The molecule has 0 amide bonds. The third-order valence-corrected chi connectivity index (χ3v) is 7.32. The molecule has 29 heavy (non-hydrogen) atoms. The van der Waals surface area contributed by atoms with E-state index in [0.717, 1.165) is 36.8 Å². The zero-order chi connectivity index (χ0) is 20.6. The summed E-state index contributed by atoms with van der Waals surface area (Å²) in [6.45, 7) is 2.02. The molecule has 1 aromatic heterocycles. The number of nitrogens with one attached hydrogen (secondary N) is 2. The minimum Gasteiger partial charge on any atom is -0.495 e. The molecule has 1 fully saturated rings. The van der Waals surface area contributed by atoms with Gasteiger partial charge in [-0.3, -0.25) is 0 Å². The van der Waals surface area contributed by atoms with Crippen molar-refractivity contribution in [3.63, 3.8) is 0 Å². The SMILES string of the molecule is COc1ccc(S(=O)(=O)c2cc3cc(Cl)ccc3[nH]2)cc1NC1CCN(C)CC1. The van der Waals surface area contributed by atoms with E-state index in [1.165, 1.54) is 0 Å². The van der Waals surface area contributed by atoms with Gasteiger partial charge in [0.25, 0.3) is 0 Å². The summed E-state index contributed by atoms with van der Waals surface area (Å²) in [4.78, 5) is 5.50. The maximum Gasteiger partial charge on any atom is 0.221 e. The lowest BCUT2D eigenvalue weighted by Gasteiger charge is -2.30. The summed E-state index contributed by atoms with van der Waals surface area (Å²) in [7, 11) is -0.0165. The number of hydrogen-bond acceptors (Lipinski definition) is 5. The Morgan fingerprint density at radius 2 is 1.90 bits per heavy atom. The molecule has 6 nitrogen and oxygen atoms in total. The van der Waals surface area contributed by atoms with Crippen molar-refractivity contribution in [3.05, 3.63) is 47.5 Å². The van der Waals surface area contributed by atoms with Gasteiger partial charge in [-0.05, 0) is 75.4 Å². The topological polar surface area (TPSA) is 74.4 Å². The summed E-state index contributed by atoms with van der Waals surface area (Å²) >= 11 is 6.03. The van der Waals surface area contributed by atoms with Gasteiger partial charge in [-0.25, -0.2) is 8.42 Å². The van der Waals surface area contributed by atoms with E-state index in [2.05, 4.69) is 22.2 Å². The van der Waals surface area contributed by atoms with Gasteiger partial charge in [-0.1, -0.05) is 11.6 Å². The quantitative estimate of drug-likeness (QED) is 0.631. The van der Waals surface area contributed by atoms with Crippen LogP contribution in [-0.4, -0.2) is 51.6 Å². The number of methoxy groups -OCH3 is 1. The number of halogens is 1. The normalized spacial score (nSPS) is 16.2. The number of sulfone groups is 1. The van der Waals surface area contributed by atoms with Crippen molar-refractivity contribution in [2.45, 2.75) is 28.8 Å². The summed E-state index contributed by atoms with van der Waals surface area (Å²) in [6, 6.07) is 12.1. The van der Waals surface area contributed by atoms with Crippen molar-refractivity contribution in [2.24, 2.45) is 0 Å². The Bertz CT molecular complexity index is 1140. The van der Waals surface area contributed by atoms with Crippen molar-refractivity contribution in [3.8, 4) is 5.75 Å². The van der Waals surface area contributed by atoms with Gasteiger partial charge in [0, 0.05) is 22.0 Å². The maximum absolute atomic E-state index is 13.2. The van der Waals surface area contributed by atoms with Crippen molar-refractivity contribution in [1.82, 2.24) is 9.88 Å². The molecule has 2 aromatic carbocycles. The number of aromatic nitrogens is 1. The van der Waals surface area contributed by atoms with Gasteiger partial charge < -0.3 is 19.9 Å². The molecule has 0 bridgehead atoms. The van der Waals surface area contributed by atoms with Crippen LogP contribution in [0.2, 0.25) is 5.02 Å². The van der Waals surface area contributed by atoms with Crippen molar-refractivity contribution in [2.75, 3.05) is 32.6 Å². The zero-order valence-corrected chi connectivity index (χ0v) is 18.0. The van der Waals surface area contributed by atoms with E-state index in [1.54, 1.807) is 49.6 Å². The maximum atomic E-state index is 13.2. The first kappa shape index (κ1) is 20.1. The predicted octanol–water partition coefficient (Wildman–Crippen LogP) is 4.17. The Morgan fingerprint density at radius 1 is 1.14 bits per heavy atom. The molecule has 3 aromatic rings. The second kappa shape index (κ2) is 7.89. The lowest BCUT2D eigenvalue weighted by molar-refractivity contribution is 0.263. The van der Waals surface area contributed by atoms with Crippen LogP contribution >= 0.6 is 11.6 Å². The molecular formula is C21H24ClN3O3S. The number of fused-ring (bicyclic) bond motifs is 1. The van der Waals surface area contributed by atoms with E-state index in [-0.39, 0.29) is 16.0 Å². The van der Waals surface area contributed by atoms with E-state index >= 15 is 0 Å². The Kier molecular flexibility index (Phi) is 5.46. The second-order valence-corrected chi connectivity index (χ2v) is 9.81. The summed E-state index contributed by atoms with van der Waals surface area (Å²) in [5.74, 6) is 0.631. The molecule has 0 saturated carbocycles. The van der Waals surface area contributed by atoms with Crippen LogP contribution in [0.15, 0.2) is 52.4 Å². The number of benzene rings is 2. The van der Waals surface area contributed by atoms with E-state index in [9.17, 15) is 8.42 Å². The summed E-state index contributed by atoms with van der Waals surface area (Å²) < 4.78 is 31.9. The Morgan fingerprint density at radius 3 is 2.62 bits per heavy atom. The number of ether oxygens (including phenoxy) is 1. The highest BCUT2D eigenvalue weighted by Gasteiger charge is 2.23. The molecule has 1 aliphatic heterocycles. The minimum absolute atomic E-state index is 0.144. The molecule has 4 rings (SSSR count). The second-order valence-electron chi connectivity index (χ2n) is 7.45. The van der Waals surface area contributed by atoms with Gasteiger partial charge in [0.2, 0.25) is 9.84 Å². The van der Waals surface area contributed by atoms with Crippen LogP contribution in [0.1, 0.15) is 12.8 Å². The van der Waals surface area contributed by atoms with Gasteiger partial charge in [0.1, 0.15) is 10.8 Å². The third kappa shape index (κ3) is 4.08. The van der Waals surface area contributed by atoms with E-state index in [4.69, 9.17) is 16.3 Å². The van der Waals surface area contributed by atoms with E-state index in [0.29, 0.717) is 16.5 Å². The number of anilines is 1. The number of hydrogen-bond donors (Lipinski definition) is 2. The number of likely N-dealkylation sites (tertiary alicyclic amines) is 1. The number of rotatable bonds is 5. The molecular weight excluding hydrogens is 410 g/mol. The monoisotopic (exact) mass is 433 g/mol. The van der Waals surface area contributed by atoms with Crippen LogP contribution in [0.25, 0.3) is 10.9 Å². The van der Waals surface area contributed by atoms with Crippen LogP contribution in [0, 0.1) is 0 Å². The molecule has 2 N–H and O–H groups in total. The van der Waals surface area contributed by atoms with Gasteiger partial charge in [-0.2, -0.15) is 0 Å². The molecule has 8 heteroatoms. The first-order valence-corrected chi connectivity index (χ1v) is 11.4. The first-order chi connectivity index (χ1) is 13.9. The predicted molar refractivity (Wildman–Crippen MR) is 116 cm³/mol. The van der Waals surface area contributed by atoms with Gasteiger partial charge in [0.15, 0.2) is 0 Å². The van der Waals surface area contributed by atoms with Crippen LogP contribution in [0.3, 0.4) is 0 Å². The summed E-state index contributed by atoms with van der Waals surface area (Å²) in [5.41, 5.74) is 1.42. The van der Waals surface area contributed by atoms with Crippen LogP contribution < -0.4 is 10.1 Å². The Labute approximate surface area is 175 Å². The molecule has 1 saturated heterocycles. The first-order valence-electron chi connectivity index (χ1n) is 9.53. The highest BCUT2D eigenvalue weighted by atomic mass is 35.5. The van der Waals surface area contributed by atoms with Crippen LogP contribution in [-0.2, 0) is 9.84 Å². The number of aromatic amines is 1. The van der Waals surface area contributed by atoms with E-state index in [1.807, 2.05) is 0 Å². The number of H-pyrrole nitrogens is 1. The zero-order valence-electron chi connectivity index (χ0n) is 16.4. The molecule has 0 atom stereocenters. The highest BCUT2D eigenvalue weighted by Crippen LogP contribution is 2.33. The van der Waals surface area contributed by atoms with E-state index < -0.39 is 9.84 Å². The lowest BCUT2D eigenvalue weighted by Crippen LogP contribution is -2.36. The van der Waals surface area contributed by atoms with Crippen molar-refractivity contribution < 1.29 is 13.2 Å². The number of nitrogens with zero attached hydrogens (tertiary/aromatic N) is 1. The largest absolute Gasteiger partial charge is 0.495 e. The molecule has 1 aliphatic rings. The fourth-order valence-electron chi connectivity index (χ4n) is 3.69. The van der Waals surface area contributed by atoms with Gasteiger partial charge >= 0.3 is 0 Å². The minimum atomic E-state index is -3.71. The van der Waals surface area contributed by atoms with Crippen LogP contribution in [0.5, 0.6) is 5.75 Å². The molecule has 0 aliphatic carbocycles. The fourth-order valence-corrected chi connectivity index (χ4v) is 5.17. The molecule has 154 valence electrons. The van der Waals surface area contributed by atoms with Gasteiger partial charge in [0.05, 0.1) is 17.7 Å². The average Bonchev–Trinajstić information content (AvgIpc) is 3.13. The average molecular weight is 434 g/mol. The molecule has 0 spiro atoms. The Hall–Kier alpha value is -2.22. The highest BCUT2D eigenvalue weighted by molar-refractivity contribution is 7.91. The lowest BCUT2D eigenvalue weighted by atomic mass is 10.1.